The molecule has 0 N–H and O–H groups in total. The second-order valence-corrected chi connectivity index (χ2v) is 8.53. The first kappa shape index (κ1) is 17.1. The van der Waals surface area contributed by atoms with Crippen molar-refractivity contribution in [3.05, 3.63) is 22.1 Å². The van der Waals surface area contributed by atoms with Gasteiger partial charge in [0.05, 0.1) is 5.39 Å². The van der Waals surface area contributed by atoms with Gasteiger partial charge in [0.2, 0.25) is 5.82 Å². The molecule has 8 heteroatoms. The quantitative estimate of drug-likeness (QED) is 0.678. The molecule has 0 atom stereocenters. The van der Waals surface area contributed by atoms with Gasteiger partial charge in [-0.2, -0.15) is 4.52 Å². The number of carbonyl (C=O) groups is 1. The van der Waals surface area contributed by atoms with Crippen LogP contribution in [0.4, 0.5) is 0 Å². The lowest BCUT2D eigenvalue weighted by Crippen LogP contribution is -2.48. The van der Waals surface area contributed by atoms with E-state index in [1.54, 1.807) is 15.9 Å². The first-order valence-corrected chi connectivity index (χ1v) is 10.7. The van der Waals surface area contributed by atoms with E-state index in [-0.39, 0.29) is 5.91 Å². The van der Waals surface area contributed by atoms with Crippen molar-refractivity contribution in [3.63, 3.8) is 0 Å². The minimum atomic E-state index is -0.0638. The molecular formula is C19H24N6OS. The van der Waals surface area contributed by atoms with Crippen molar-refractivity contribution in [1.82, 2.24) is 29.4 Å². The lowest BCUT2D eigenvalue weighted by molar-refractivity contribution is 0.0631. The Bertz CT molecular complexity index is 1030. The SMILES string of the molecule is CCN1CCN(C(=O)c2nc3c4c5c(sc4nc(C)n3n2)CCCC5)CC1. The standard InChI is InChI=1S/C19H24N6OS/c1-3-23-8-10-24(11-9-23)19(26)16-21-17-15-13-6-4-5-7-14(13)27-18(15)20-12(2)25(17)22-16/h3-11H2,1-2H3. The highest BCUT2D eigenvalue weighted by atomic mass is 32.1. The monoisotopic (exact) mass is 384 g/mol. The molecule has 1 aliphatic heterocycles. The van der Waals surface area contributed by atoms with Gasteiger partial charge in [-0.15, -0.1) is 16.4 Å². The van der Waals surface area contributed by atoms with Gasteiger partial charge >= 0.3 is 0 Å². The molecule has 0 unspecified atom stereocenters. The van der Waals surface area contributed by atoms with Crippen LogP contribution in [0.25, 0.3) is 15.9 Å². The summed E-state index contributed by atoms with van der Waals surface area (Å²) < 4.78 is 1.76. The van der Waals surface area contributed by atoms with Crippen LogP contribution in [0, 0.1) is 6.92 Å². The zero-order valence-electron chi connectivity index (χ0n) is 15.9. The Balaban J connectivity index is 1.57. The van der Waals surface area contributed by atoms with Gasteiger partial charge in [-0.3, -0.25) is 4.79 Å². The summed E-state index contributed by atoms with van der Waals surface area (Å²) in [6.07, 6.45) is 4.66. The molecule has 4 heterocycles. The second-order valence-electron chi connectivity index (χ2n) is 7.45. The normalized spacial score (nSPS) is 18.4. The van der Waals surface area contributed by atoms with Crippen LogP contribution in [-0.4, -0.2) is 68.0 Å². The number of thiophene rings is 1. The largest absolute Gasteiger partial charge is 0.333 e. The average Bonchev–Trinajstić information content (AvgIpc) is 3.29. The Labute approximate surface area is 162 Å². The molecule has 0 aromatic carbocycles. The summed E-state index contributed by atoms with van der Waals surface area (Å²) >= 11 is 1.78. The first-order chi connectivity index (χ1) is 13.2. The Morgan fingerprint density at radius 1 is 1.11 bits per heavy atom. The van der Waals surface area contributed by atoms with Gasteiger partial charge in [-0.25, -0.2) is 9.97 Å². The molecule has 3 aromatic heterocycles. The molecule has 0 saturated carbocycles. The van der Waals surface area contributed by atoms with Gasteiger partial charge in [-0.05, 0) is 44.7 Å². The summed E-state index contributed by atoms with van der Waals surface area (Å²) in [6, 6.07) is 0. The molecule has 1 aliphatic carbocycles. The Morgan fingerprint density at radius 3 is 2.67 bits per heavy atom. The number of aromatic nitrogens is 4. The molecule has 1 saturated heterocycles. The first-order valence-electron chi connectivity index (χ1n) is 9.85. The Morgan fingerprint density at radius 2 is 1.89 bits per heavy atom. The third-order valence-corrected chi connectivity index (χ3v) is 7.04. The number of aryl methyl sites for hydroxylation is 3. The number of rotatable bonds is 2. The van der Waals surface area contributed by atoms with E-state index in [9.17, 15) is 4.79 Å². The van der Waals surface area contributed by atoms with E-state index in [0.717, 1.165) is 67.3 Å². The summed E-state index contributed by atoms with van der Waals surface area (Å²) in [5.74, 6) is 1.03. The third-order valence-electron chi connectivity index (χ3n) is 5.85. The molecule has 27 heavy (non-hydrogen) atoms. The Hall–Kier alpha value is -2.06. The van der Waals surface area contributed by atoms with E-state index in [2.05, 4.69) is 16.9 Å². The molecule has 3 aromatic rings. The van der Waals surface area contributed by atoms with Crippen molar-refractivity contribution in [3.8, 4) is 0 Å². The van der Waals surface area contributed by atoms with Crippen molar-refractivity contribution in [2.75, 3.05) is 32.7 Å². The lowest BCUT2D eigenvalue weighted by Gasteiger charge is -2.33. The summed E-state index contributed by atoms with van der Waals surface area (Å²) in [4.78, 5) is 29.2. The average molecular weight is 385 g/mol. The maximum atomic E-state index is 13.0. The smallest absolute Gasteiger partial charge is 0.293 e. The fraction of sp³-hybridized carbons (Fsp3) is 0.579. The lowest BCUT2D eigenvalue weighted by atomic mass is 9.97. The van der Waals surface area contributed by atoms with E-state index < -0.39 is 0 Å². The van der Waals surface area contributed by atoms with Crippen LogP contribution in [0.2, 0.25) is 0 Å². The minimum absolute atomic E-state index is 0.0638. The number of carbonyl (C=O) groups excluding carboxylic acids is 1. The molecule has 0 bridgehead atoms. The molecule has 0 radical (unpaired) electrons. The van der Waals surface area contributed by atoms with Gasteiger partial charge in [0.1, 0.15) is 10.7 Å². The number of piperazine rings is 1. The van der Waals surface area contributed by atoms with E-state index in [0.29, 0.717) is 5.82 Å². The minimum Gasteiger partial charge on any atom is -0.333 e. The van der Waals surface area contributed by atoms with E-state index >= 15 is 0 Å². The van der Waals surface area contributed by atoms with Crippen molar-refractivity contribution >= 4 is 33.1 Å². The number of amides is 1. The molecule has 142 valence electrons. The van der Waals surface area contributed by atoms with Gasteiger partial charge in [-0.1, -0.05) is 6.92 Å². The predicted octanol–water partition coefficient (Wildman–Crippen LogP) is 2.30. The topological polar surface area (TPSA) is 66.6 Å². The second kappa shape index (κ2) is 6.53. The maximum absolute atomic E-state index is 13.0. The number of hydrogen-bond donors (Lipinski definition) is 0. The zero-order chi connectivity index (χ0) is 18.5. The van der Waals surface area contributed by atoms with Gasteiger partial charge < -0.3 is 9.80 Å². The molecule has 7 nitrogen and oxygen atoms in total. The van der Waals surface area contributed by atoms with Crippen molar-refractivity contribution in [2.24, 2.45) is 0 Å². The van der Waals surface area contributed by atoms with Crippen molar-refractivity contribution in [2.45, 2.75) is 39.5 Å². The summed E-state index contributed by atoms with van der Waals surface area (Å²) in [7, 11) is 0. The zero-order valence-corrected chi connectivity index (χ0v) is 16.7. The highest BCUT2D eigenvalue weighted by Gasteiger charge is 2.27. The van der Waals surface area contributed by atoms with Gasteiger partial charge in [0.15, 0.2) is 5.65 Å². The van der Waals surface area contributed by atoms with Gasteiger partial charge in [0, 0.05) is 31.1 Å². The van der Waals surface area contributed by atoms with Crippen LogP contribution in [0.5, 0.6) is 0 Å². The number of hydrogen-bond acceptors (Lipinski definition) is 6. The van der Waals surface area contributed by atoms with E-state index in [1.807, 2.05) is 11.8 Å². The van der Waals surface area contributed by atoms with Crippen molar-refractivity contribution < 1.29 is 4.79 Å². The predicted molar refractivity (Wildman–Crippen MR) is 106 cm³/mol. The van der Waals surface area contributed by atoms with E-state index in [1.165, 1.54) is 23.3 Å². The van der Waals surface area contributed by atoms with Crippen molar-refractivity contribution in [1.29, 1.82) is 0 Å². The summed E-state index contributed by atoms with van der Waals surface area (Å²) in [5, 5.41) is 5.66. The highest BCUT2D eigenvalue weighted by molar-refractivity contribution is 7.19. The van der Waals surface area contributed by atoms with E-state index in [4.69, 9.17) is 9.97 Å². The number of fused-ring (bicyclic) bond motifs is 5. The molecule has 1 fully saturated rings. The van der Waals surface area contributed by atoms with Crippen LogP contribution >= 0.6 is 11.3 Å². The molecule has 5 rings (SSSR count). The third kappa shape index (κ3) is 2.73. The number of nitrogens with zero attached hydrogens (tertiary/aromatic N) is 6. The number of likely N-dealkylation sites (N-methyl/N-ethyl adjacent to an activating group) is 1. The van der Waals surface area contributed by atoms with Crippen LogP contribution in [0.15, 0.2) is 0 Å². The van der Waals surface area contributed by atoms with Crippen LogP contribution in [0.1, 0.15) is 46.6 Å². The fourth-order valence-corrected chi connectivity index (χ4v) is 5.56. The Kier molecular flexibility index (Phi) is 4.12. The maximum Gasteiger partial charge on any atom is 0.293 e. The highest BCUT2D eigenvalue weighted by Crippen LogP contribution is 2.37. The summed E-state index contributed by atoms with van der Waals surface area (Å²) in [5.41, 5.74) is 2.18. The van der Waals surface area contributed by atoms with Crippen LogP contribution < -0.4 is 0 Å². The van der Waals surface area contributed by atoms with Crippen LogP contribution in [-0.2, 0) is 12.8 Å². The molecule has 2 aliphatic rings. The molecular weight excluding hydrogens is 360 g/mol. The summed E-state index contributed by atoms with van der Waals surface area (Å²) in [6.45, 7) is 8.43. The fourth-order valence-electron chi connectivity index (χ4n) is 4.25. The van der Waals surface area contributed by atoms with Gasteiger partial charge in [0.25, 0.3) is 5.91 Å². The molecule has 0 spiro atoms. The van der Waals surface area contributed by atoms with Crippen LogP contribution in [0.3, 0.4) is 0 Å². The molecule has 1 amide bonds.